The van der Waals surface area contributed by atoms with Crippen molar-refractivity contribution in [3.63, 3.8) is 0 Å². The summed E-state index contributed by atoms with van der Waals surface area (Å²) in [5.74, 6) is -2.59. The third kappa shape index (κ3) is 11.6. The zero-order chi connectivity index (χ0) is 24.3. The van der Waals surface area contributed by atoms with Crippen LogP contribution in [0.15, 0.2) is 48.6 Å². The highest BCUT2D eigenvalue weighted by molar-refractivity contribution is 5.88. The first kappa shape index (κ1) is 27.8. The minimum Gasteiger partial charge on any atom is -0.459 e. The number of hydrogen-bond donors (Lipinski definition) is 0. The Labute approximate surface area is 183 Å². The van der Waals surface area contributed by atoms with Gasteiger partial charge in [-0.3, -0.25) is 0 Å². The molecule has 3 atom stereocenters. The van der Waals surface area contributed by atoms with Crippen LogP contribution in [0, 0.1) is 0 Å². The van der Waals surface area contributed by atoms with Crippen molar-refractivity contribution in [3.05, 3.63) is 48.6 Å². The van der Waals surface area contributed by atoms with Crippen LogP contribution in [-0.2, 0) is 38.1 Å². The zero-order valence-electron chi connectivity index (χ0n) is 18.9. The van der Waals surface area contributed by atoms with Gasteiger partial charge in [0, 0.05) is 35.1 Å². The molecule has 3 unspecified atom stereocenters. The minimum absolute atomic E-state index is 0.0174. The SMILES string of the molecule is C=C(C)C(=O)OCC(CC(CC(C)OC(=O)C(=C)C)OC(=O)C(=C)C)OC(=O)C(=C)C. The topological polar surface area (TPSA) is 105 Å². The Bertz CT molecular complexity index is 762. The lowest BCUT2D eigenvalue weighted by Crippen LogP contribution is -2.34. The van der Waals surface area contributed by atoms with Crippen molar-refractivity contribution in [2.75, 3.05) is 6.61 Å². The van der Waals surface area contributed by atoms with Gasteiger partial charge >= 0.3 is 23.9 Å². The molecule has 8 nitrogen and oxygen atoms in total. The van der Waals surface area contributed by atoms with Crippen molar-refractivity contribution in [3.8, 4) is 0 Å². The van der Waals surface area contributed by atoms with E-state index < -0.39 is 42.2 Å². The van der Waals surface area contributed by atoms with Crippen LogP contribution in [0.1, 0.15) is 47.5 Å². The van der Waals surface area contributed by atoms with Gasteiger partial charge in [-0.05, 0) is 34.6 Å². The maximum atomic E-state index is 12.1. The normalized spacial score (nSPS) is 13.1. The van der Waals surface area contributed by atoms with E-state index >= 15 is 0 Å². The molecule has 31 heavy (non-hydrogen) atoms. The largest absolute Gasteiger partial charge is 0.459 e. The van der Waals surface area contributed by atoms with Crippen LogP contribution in [0.25, 0.3) is 0 Å². The third-order valence-corrected chi connectivity index (χ3v) is 3.77. The molecule has 0 aliphatic rings. The maximum absolute atomic E-state index is 12.1. The summed E-state index contributed by atoms with van der Waals surface area (Å²) in [7, 11) is 0. The van der Waals surface area contributed by atoms with Crippen molar-refractivity contribution >= 4 is 23.9 Å². The summed E-state index contributed by atoms with van der Waals surface area (Å²) >= 11 is 0. The van der Waals surface area contributed by atoms with E-state index in [0.29, 0.717) is 0 Å². The average molecular weight is 437 g/mol. The quantitative estimate of drug-likeness (QED) is 0.246. The number of hydrogen-bond acceptors (Lipinski definition) is 8. The number of carbonyl (C=O) groups is 4. The highest BCUT2D eigenvalue weighted by atomic mass is 16.6. The third-order valence-electron chi connectivity index (χ3n) is 3.77. The second-order valence-corrected chi connectivity index (χ2v) is 7.46. The molecule has 0 saturated heterocycles. The lowest BCUT2D eigenvalue weighted by molar-refractivity contribution is -0.160. The first-order valence-electron chi connectivity index (χ1n) is 9.66. The first-order chi connectivity index (χ1) is 14.2. The molecule has 0 heterocycles. The molecule has 0 radical (unpaired) electrons. The fourth-order valence-electron chi connectivity index (χ4n) is 2.13. The van der Waals surface area contributed by atoms with Crippen LogP contribution >= 0.6 is 0 Å². The van der Waals surface area contributed by atoms with E-state index in [2.05, 4.69) is 26.3 Å². The summed E-state index contributed by atoms with van der Waals surface area (Å²) in [6, 6.07) is 0. The molecule has 0 aliphatic carbocycles. The molecule has 0 spiro atoms. The molecule has 0 rings (SSSR count). The first-order valence-corrected chi connectivity index (χ1v) is 9.66. The van der Waals surface area contributed by atoms with Gasteiger partial charge in [-0.15, -0.1) is 0 Å². The van der Waals surface area contributed by atoms with Crippen LogP contribution in [0.2, 0.25) is 0 Å². The van der Waals surface area contributed by atoms with E-state index in [4.69, 9.17) is 18.9 Å². The lowest BCUT2D eigenvalue weighted by Gasteiger charge is -2.26. The Morgan fingerprint density at radius 3 is 1.42 bits per heavy atom. The molecule has 0 amide bonds. The minimum atomic E-state index is -0.945. The molecule has 0 aromatic heterocycles. The predicted octanol–water partition coefficient (Wildman–Crippen LogP) is 3.37. The Kier molecular flexibility index (Phi) is 11.9. The van der Waals surface area contributed by atoms with Gasteiger partial charge in [-0.25, -0.2) is 19.2 Å². The Balaban J connectivity index is 5.49. The van der Waals surface area contributed by atoms with E-state index in [1.165, 1.54) is 27.7 Å². The summed E-state index contributed by atoms with van der Waals surface area (Å²) in [5, 5.41) is 0. The van der Waals surface area contributed by atoms with E-state index in [1.54, 1.807) is 6.92 Å². The highest BCUT2D eigenvalue weighted by Crippen LogP contribution is 2.18. The standard InChI is InChI=1S/C23H32O8/c1-13(2)20(24)28-12-19(31-23(27)16(7)8)11-18(30-22(26)15(5)6)10-17(9)29-21(25)14(3)4/h17-19H,1,3,5,7,10-12H2,2,4,6,8-9H3. The maximum Gasteiger partial charge on any atom is 0.333 e. The molecular weight excluding hydrogens is 404 g/mol. The average Bonchev–Trinajstić information content (AvgIpc) is 2.64. The number of ether oxygens (including phenoxy) is 4. The van der Waals surface area contributed by atoms with Crippen LogP contribution in [-0.4, -0.2) is 48.8 Å². The second kappa shape index (κ2) is 13.2. The van der Waals surface area contributed by atoms with Gasteiger partial charge in [-0.1, -0.05) is 26.3 Å². The number of carbonyl (C=O) groups excluding carboxylic acids is 4. The summed E-state index contributed by atoms with van der Waals surface area (Å²) in [6.45, 7) is 21.4. The fourth-order valence-corrected chi connectivity index (χ4v) is 2.13. The molecule has 0 aromatic rings. The molecule has 0 fully saturated rings. The van der Waals surface area contributed by atoms with Crippen molar-refractivity contribution in [2.45, 2.75) is 65.8 Å². The van der Waals surface area contributed by atoms with Crippen LogP contribution in [0.5, 0.6) is 0 Å². The summed E-state index contributed by atoms with van der Waals surface area (Å²) in [6.07, 6.45) is -2.32. The van der Waals surface area contributed by atoms with Crippen LogP contribution < -0.4 is 0 Å². The molecule has 0 saturated carbocycles. The van der Waals surface area contributed by atoms with E-state index in [-0.39, 0.29) is 41.7 Å². The van der Waals surface area contributed by atoms with Gasteiger partial charge in [0.25, 0.3) is 0 Å². The van der Waals surface area contributed by atoms with Gasteiger partial charge in [0.05, 0.1) is 0 Å². The number of rotatable bonds is 13. The predicted molar refractivity (Wildman–Crippen MR) is 115 cm³/mol. The molecule has 0 aromatic carbocycles. The van der Waals surface area contributed by atoms with Gasteiger partial charge in [0.15, 0.2) is 0 Å². The molecule has 0 N–H and O–H groups in total. The summed E-state index contributed by atoms with van der Waals surface area (Å²) < 4.78 is 21.1. The monoisotopic (exact) mass is 436 g/mol. The van der Waals surface area contributed by atoms with Crippen LogP contribution in [0.4, 0.5) is 0 Å². The lowest BCUT2D eigenvalue weighted by atomic mass is 10.1. The summed E-state index contributed by atoms with van der Waals surface area (Å²) in [4.78, 5) is 47.6. The van der Waals surface area contributed by atoms with Crippen LogP contribution in [0.3, 0.4) is 0 Å². The van der Waals surface area contributed by atoms with E-state index in [0.717, 1.165) is 0 Å². The van der Waals surface area contributed by atoms with Gasteiger partial charge < -0.3 is 18.9 Å². The second-order valence-electron chi connectivity index (χ2n) is 7.46. The van der Waals surface area contributed by atoms with Crippen molar-refractivity contribution in [1.82, 2.24) is 0 Å². The Morgan fingerprint density at radius 1 is 0.613 bits per heavy atom. The fraction of sp³-hybridized carbons (Fsp3) is 0.478. The number of esters is 4. The van der Waals surface area contributed by atoms with Crippen molar-refractivity contribution in [1.29, 1.82) is 0 Å². The molecular formula is C23H32O8. The zero-order valence-corrected chi connectivity index (χ0v) is 18.9. The molecule has 172 valence electrons. The van der Waals surface area contributed by atoms with E-state index in [1.807, 2.05) is 0 Å². The molecule has 8 heteroatoms. The Hall–Kier alpha value is -3.16. The van der Waals surface area contributed by atoms with E-state index in [9.17, 15) is 19.2 Å². The smallest absolute Gasteiger partial charge is 0.333 e. The van der Waals surface area contributed by atoms with Crippen molar-refractivity contribution in [2.24, 2.45) is 0 Å². The Morgan fingerprint density at radius 2 is 1.00 bits per heavy atom. The van der Waals surface area contributed by atoms with Gasteiger partial charge in [-0.2, -0.15) is 0 Å². The van der Waals surface area contributed by atoms with Crippen molar-refractivity contribution < 1.29 is 38.1 Å². The van der Waals surface area contributed by atoms with Gasteiger partial charge in [0.2, 0.25) is 0 Å². The highest BCUT2D eigenvalue weighted by Gasteiger charge is 2.27. The summed E-state index contributed by atoms with van der Waals surface area (Å²) in [5.41, 5.74) is 0.717. The van der Waals surface area contributed by atoms with Gasteiger partial charge in [0.1, 0.15) is 24.9 Å². The molecule has 0 bridgehead atoms. The molecule has 0 aliphatic heterocycles.